The van der Waals surface area contributed by atoms with Crippen molar-refractivity contribution in [2.45, 2.75) is 61.0 Å². The molecule has 114 valence electrons. The predicted octanol–water partition coefficient (Wildman–Crippen LogP) is 3.58. The summed E-state index contributed by atoms with van der Waals surface area (Å²) in [5.41, 5.74) is 0. The van der Waals surface area contributed by atoms with Gasteiger partial charge in [0.25, 0.3) is 0 Å². The first-order chi connectivity index (χ1) is 8.97. The zero-order valence-electron chi connectivity index (χ0n) is 13.0. The van der Waals surface area contributed by atoms with Crippen LogP contribution in [0.25, 0.3) is 0 Å². The molecule has 1 aliphatic rings. The van der Waals surface area contributed by atoms with E-state index in [1.54, 1.807) is 0 Å². The van der Waals surface area contributed by atoms with Crippen molar-refractivity contribution in [3.8, 4) is 0 Å². The Hall–Kier alpha value is 0.693. The van der Waals surface area contributed by atoms with Gasteiger partial charge in [0.05, 0.1) is 0 Å². The Morgan fingerprint density at radius 1 is 1.05 bits per heavy atom. The van der Waals surface area contributed by atoms with Gasteiger partial charge in [-0.1, -0.05) is 0 Å². The van der Waals surface area contributed by atoms with Gasteiger partial charge >= 0.3 is 122 Å². The summed E-state index contributed by atoms with van der Waals surface area (Å²) < 4.78 is 12.3. The maximum atomic E-state index is 12.3. The van der Waals surface area contributed by atoms with Crippen LogP contribution in [0.4, 0.5) is 0 Å². The van der Waals surface area contributed by atoms with E-state index in [0.29, 0.717) is 12.4 Å². The van der Waals surface area contributed by atoms with Crippen molar-refractivity contribution in [1.82, 2.24) is 4.90 Å². The van der Waals surface area contributed by atoms with E-state index in [9.17, 15) is 9.46 Å². The van der Waals surface area contributed by atoms with Crippen LogP contribution in [0.2, 0.25) is 21.0 Å². The van der Waals surface area contributed by atoms with Crippen molar-refractivity contribution in [2.24, 2.45) is 0 Å². The first-order valence-electron chi connectivity index (χ1n) is 7.98. The zero-order valence-corrected chi connectivity index (χ0v) is 16.0. The van der Waals surface area contributed by atoms with Crippen molar-refractivity contribution in [3.63, 3.8) is 0 Å². The molecule has 1 saturated heterocycles. The van der Waals surface area contributed by atoms with Crippen molar-refractivity contribution in [1.29, 1.82) is 0 Å². The predicted molar refractivity (Wildman–Crippen MR) is 84.8 cm³/mol. The number of piperidine rings is 1. The number of likely N-dealkylation sites (tertiary alicyclic amines) is 1. The molecule has 0 aliphatic carbocycles. The van der Waals surface area contributed by atoms with E-state index < -0.39 is 20.6 Å². The van der Waals surface area contributed by atoms with E-state index in [1.165, 1.54) is 35.0 Å². The van der Waals surface area contributed by atoms with E-state index in [1.807, 2.05) is 0 Å². The molecule has 0 aromatic carbocycles. The quantitative estimate of drug-likeness (QED) is 0.497. The molecule has 5 heteroatoms. The second-order valence-corrected chi connectivity index (χ2v) is 20.3. The molecule has 1 heterocycles. The Kier molecular flexibility index (Phi) is 7.67. The van der Waals surface area contributed by atoms with Gasteiger partial charge in [0.2, 0.25) is 0 Å². The molecule has 0 spiro atoms. The first-order valence-corrected chi connectivity index (χ1v) is 15.9. The molecule has 0 N–H and O–H groups in total. The molecule has 0 bridgehead atoms. The summed E-state index contributed by atoms with van der Waals surface area (Å²) in [4.78, 5) is 14.5. The van der Waals surface area contributed by atoms with Gasteiger partial charge in [-0.05, 0) is 0 Å². The van der Waals surface area contributed by atoms with Gasteiger partial charge in [-0.25, -0.2) is 0 Å². The fourth-order valence-corrected chi connectivity index (χ4v) is 15.5. The van der Waals surface area contributed by atoms with Gasteiger partial charge in [0.1, 0.15) is 0 Å². The molecular formula is C14H31GeNO2P-. The van der Waals surface area contributed by atoms with Crippen LogP contribution in [0.3, 0.4) is 0 Å². The third-order valence-corrected chi connectivity index (χ3v) is 19.9. The number of rotatable bonds is 8. The van der Waals surface area contributed by atoms with Crippen LogP contribution in [0.15, 0.2) is 0 Å². The molecule has 0 saturated carbocycles. The van der Waals surface area contributed by atoms with Gasteiger partial charge < -0.3 is 0 Å². The standard InChI is InChI=1S/C14H32GeNO2P/c1-4-15(5-2,6-3)10-13-19(17,18)14-16-11-8-7-9-12-16/h4-14H2,1-3H3,(H,17,18)/p-1. The van der Waals surface area contributed by atoms with Crippen LogP contribution < -0.4 is 4.89 Å². The van der Waals surface area contributed by atoms with E-state index in [0.717, 1.165) is 18.3 Å². The molecule has 0 aromatic heterocycles. The van der Waals surface area contributed by atoms with Crippen LogP contribution in [0.5, 0.6) is 0 Å². The van der Waals surface area contributed by atoms with E-state index >= 15 is 0 Å². The minimum atomic E-state index is -3.17. The molecule has 19 heavy (non-hydrogen) atoms. The van der Waals surface area contributed by atoms with Crippen molar-refractivity contribution >= 4 is 20.6 Å². The molecule has 3 nitrogen and oxygen atoms in total. The molecule has 1 atom stereocenters. The zero-order chi connectivity index (χ0) is 14.4. The Labute approximate surface area is 122 Å². The molecule has 1 rings (SSSR count). The molecule has 0 radical (unpaired) electrons. The van der Waals surface area contributed by atoms with E-state index in [-0.39, 0.29) is 0 Å². The van der Waals surface area contributed by atoms with Crippen molar-refractivity contribution < 1.29 is 9.46 Å². The monoisotopic (exact) mass is 350 g/mol. The fraction of sp³-hybridized carbons (Fsp3) is 1.00. The van der Waals surface area contributed by atoms with Gasteiger partial charge in [-0.15, -0.1) is 0 Å². The van der Waals surface area contributed by atoms with Crippen LogP contribution in [0.1, 0.15) is 40.0 Å². The topological polar surface area (TPSA) is 43.4 Å². The number of hydrogen-bond acceptors (Lipinski definition) is 3. The van der Waals surface area contributed by atoms with E-state index in [4.69, 9.17) is 0 Å². The summed E-state index contributed by atoms with van der Waals surface area (Å²) >= 11 is -1.82. The van der Waals surface area contributed by atoms with Gasteiger partial charge in [0, 0.05) is 0 Å². The fourth-order valence-electron chi connectivity index (χ4n) is 3.16. The summed E-state index contributed by atoms with van der Waals surface area (Å²) in [6, 6.07) is 0. The van der Waals surface area contributed by atoms with Crippen molar-refractivity contribution in [3.05, 3.63) is 0 Å². The Morgan fingerprint density at radius 3 is 2.05 bits per heavy atom. The van der Waals surface area contributed by atoms with Crippen LogP contribution in [0, 0.1) is 0 Å². The summed E-state index contributed by atoms with van der Waals surface area (Å²) in [6.45, 7) is 8.77. The summed E-state index contributed by atoms with van der Waals surface area (Å²) in [6.07, 6.45) is 4.41. The Bertz CT molecular complexity index is 294. The summed E-state index contributed by atoms with van der Waals surface area (Å²) in [7, 11) is -3.17. The third-order valence-electron chi connectivity index (χ3n) is 5.10. The molecule has 0 amide bonds. The van der Waals surface area contributed by atoms with Crippen LogP contribution >= 0.6 is 7.37 Å². The van der Waals surface area contributed by atoms with Gasteiger partial charge in [-0.3, -0.25) is 0 Å². The van der Waals surface area contributed by atoms with Gasteiger partial charge in [0.15, 0.2) is 0 Å². The van der Waals surface area contributed by atoms with Crippen LogP contribution in [-0.4, -0.2) is 43.7 Å². The molecule has 0 aromatic rings. The average molecular weight is 349 g/mol. The number of nitrogens with zero attached hydrogens (tertiary/aromatic N) is 1. The summed E-state index contributed by atoms with van der Waals surface area (Å²) in [5, 5.41) is 4.85. The minimum absolute atomic E-state index is 0.336. The molecule has 1 fully saturated rings. The van der Waals surface area contributed by atoms with Gasteiger partial charge in [-0.2, -0.15) is 0 Å². The normalized spacial score (nSPS) is 21.3. The van der Waals surface area contributed by atoms with Crippen LogP contribution in [-0.2, 0) is 4.57 Å². The second kappa shape index (κ2) is 8.21. The average Bonchev–Trinajstić information content (AvgIpc) is 2.41. The summed E-state index contributed by atoms with van der Waals surface area (Å²) in [5.74, 6) is 0. The Morgan fingerprint density at radius 2 is 1.58 bits per heavy atom. The van der Waals surface area contributed by atoms with E-state index in [2.05, 4.69) is 25.7 Å². The Balaban J connectivity index is 2.46. The van der Waals surface area contributed by atoms with Crippen molar-refractivity contribution in [2.75, 3.05) is 25.5 Å². The molecule has 1 aliphatic heterocycles. The third kappa shape index (κ3) is 5.91. The SMILES string of the molecule is C[CH2][Ge]([CH2]C)([CH2]C)[CH2]CP(=O)([O-])CN1CCCCC1. The maximum absolute atomic E-state index is 12.3. The molecular weight excluding hydrogens is 318 g/mol. The first kappa shape index (κ1) is 17.7. The second-order valence-electron chi connectivity index (χ2n) is 6.17. The molecule has 1 unspecified atom stereocenters. The number of hydrogen-bond donors (Lipinski definition) is 0.